The Balaban J connectivity index is 1.55. The molecule has 1 heterocycles. The van der Waals surface area contributed by atoms with Gasteiger partial charge in [0, 0.05) is 26.2 Å². The van der Waals surface area contributed by atoms with Crippen molar-refractivity contribution >= 4 is 33.2 Å². The minimum absolute atomic E-state index is 0.00359. The predicted octanol–water partition coefficient (Wildman–Crippen LogP) is 2.81. The molecule has 0 unspecified atom stereocenters. The van der Waals surface area contributed by atoms with Crippen molar-refractivity contribution in [2.45, 2.75) is 18.7 Å². The predicted molar refractivity (Wildman–Crippen MR) is 112 cm³/mol. The molecule has 3 rings (SSSR count). The Bertz CT molecular complexity index is 913. The van der Waals surface area contributed by atoms with Crippen molar-refractivity contribution in [2.75, 3.05) is 31.5 Å². The summed E-state index contributed by atoms with van der Waals surface area (Å²) in [6.45, 7) is 3.58. The Hall–Kier alpha value is -1.93. The molecule has 6 nitrogen and oxygen atoms in total. The number of rotatable bonds is 6. The number of sulfonamides is 1. The molecule has 1 atom stereocenters. The number of hydrogen-bond acceptors (Lipinski definition) is 4. The van der Waals surface area contributed by atoms with Gasteiger partial charge >= 0.3 is 0 Å². The second-order valence-electron chi connectivity index (χ2n) is 6.82. The van der Waals surface area contributed by atoms with Gasteiger partial charge in [-0.1, -0.05) is 54.1 Å². The zero-order valence-electron chi connectivity index (χ0n) is 15.7. The van der Waals surface area contributed by atoms with Gasteiger partial charge < -0.3 is 5.32 Å². The van der Waals surface area contributed by atoms with Crippen molar-refractivity contribution in [3.8, 4) is 0 Å². The molecule has 150 valence electrons. The van der Waals surface area contributed by atoms with Gasteiger partial charge in [0.2, 0.25) is 15.9 Å². The number of hydrogen-bond donors (Lipinski definition) is 1. The van der Waals surface area contributed by atoms with Gasteiger partial charge in [0.15, 0.2) is 0 Å². The number of nitrogens with one attached hydrogen (secondary N) is 1. The first-order chi connectivity index (χ1) is 13.4. The molecule has 0 bridgehead atoms. The highest BCUT2D eigenvalue weighted by Crippen LogP contribution is 2.21. The van der Waals surface area contributed by atoms with E-state index in [4.69, 9.17) is 11.6 Å². The van der Waals surface area contributed by atoms with Gasteiger partial charge in [0.05, 0.1) is 22.5 Å². The number of para-hydroxylation sites is 1. The first-order valence-corrected chi connectivity index (χ1v) is 11.2. The van der Waals surface area contributed by atoms with E-state index in [1.807, 2.05) is 48.2 Å². The molecule has 28 heavy (non-hydrogen) atoms. The fraction of sp³-hybridized carbons (Fsp3) is 0.350. The smallest absolute Gasteiger partial charge is 0.241 e. The monoisotopic (exact) mass is 421 g/mol. The summed E-state index contributed by atoms with van der Waals surface area (Å²) in [5.74, 6) is -0.162. The normalized spacial score (nSPS) is 17.2. The minimum atomic E-state index is -3.37. The third-order valence-corrected chi connectivity index (χ3v) is 7.10. The summed E-state index contributed by atoms with van der Waals surface area (Å²) in [4.78, 5) is 14.5. The Morgan fingerprint density at radius 3 is 2.29 bits per heavy atom. The summed E-state index contributed by atoms with van der Waals surface area (Å²) < 4.78 is 26.8. The molecule has 1 saturated heterocycles. The van der Waals surface area contributed by atoms with Gasteiger partial charge in [-0.25, -0.2) is 8.42 Å². The third kappa shape index (κ3) is 5.11. The lowest BCUT2D eigenvalue weighted by molar-refractivity contribution is -0.121. The number of anilines is 1. The van der Waals surface area contributed by atoms with Gasteiger partial charge in [0.1, 0.15) is 0 Å². The van der Waals surface area contributed by atoms with Crippen molar-refractivity contribution in [3.05, 3.63) is 65.2 Å². The average molecular weight is 422 g/mol. The number of amides is 1. The van der Waals surface area contributed by atoms with Gasteiger partial charge in [-0.2, -0.15) is 4.31 Å². The molecular weight excluding hydrogens is 398 g/mol. The summed E-state index contributed by atoms with van der Waals surface area (Å²) in [5.41, 5.74) is 1.35. The number of nitrogens with zero attached hydrogens (tertiary/aromatic N) is 2. The van der Waals surface area contributed by atoms with E-state index in [2.05, 4.69) is 5.32 Å². The Morgan fingerprint density at radius 2 is 1.64 bits per heavy atom. The van der Waals surface area contributed by atoms with Crippen LogP contribution in [0.3, 0.4) is 0 Å². The summed E-state index contributed by atoms with van der Waals surface area (Å²) in [5, 5.41) is 3.32. The van der Waals surface area contributed by atoms with Crippen LogP contribution in [0.25, 0.3) is 0 Å². The summed E-state index contributed by atoms with van der Waals surface area (Å²) in [6.07, 6.45) is 0. The van der Waals surface area contributed by atoms with Gasteiger partial charge in [0.25, 0.3) is 0 Å². The van der Waals surface area contributed by atoms with E-state index >= 15 is 0 Å². The fourth-order valence-electron chi connectivity index (χ4n) is 3.21. The van der Waals surface area contributed by atoms with Crippen LogP contribution in [0, 0.1) is 0 Å². The van der Waals surface area contributed by atoms with Gasteiger partial charge in [-0.05, 0) is 24.6 Å². The number of halogens is 1. The van der Waals surface area contributed by atoms with Crippen LogP contribution in [0.5, 0.6) is 0 Å². The second-order valence-corrected chi connectivity index (χ2v) is 9.20. The van der Waals surface area contributed by atoms with Crippen LogP contribution < -0.4 is 5.32 Å². The molecule has 1 N–H and O–H groups in total. The molecule has 8 heteroatoms. The van der Waals surface area contributed by atoms with Crippen LogP contribution in [0.4, 0.5) is 5.69 Å². The summed E-state index contributed by atoms with van der Waals surface area (Å²) >= 11 is 6.09. The van der Waals surface area contributed by atoms with Crippen LogP contribution in [-0.4, -0.2) is 55.8 Å². The maximum Gasteiger partial charge on any atom is 0.241 e. The van der Waals surface area contributed by atoms with Gasteiger partial charge in [-0.15, -0.1) is 0 Å². The zero-order chi connectivity index (χ0) is 20.1. The van der Waals surface area contributed by atoms with Crippen LogP contribution in [0.2, 0.25) is 5.02 Å². The van der Waals surface area contributed by atoms with E-state index in [-0.39, 0.29) is 17.7 Å². The van der Waals surface area contributed by atoms with Crippen molar-refractivity contribution in [1.29, 1.82) is 0 Å². The topological polar surface area (TPSA) is 69.7 Å². The maximum absolute atomic E-state index is 12.7. The fourth-order valence-corrected chi connectivity index (χ4v) is 4.91. The Kier molecular flexibility index (Phi) is 6.72. The van der Waals surface area contributed by atoms with Crippen molar-refractivity contribution in [1.82, 2.24) is 9.21 Å². The van der Waals surface area contributed by atoms with Crippen LogP contribution >= 0.6 is 11.6 Å². The zero-order valence-corrected chi connectivity index (χ0v) is 17.3. The highest BCUT2D eigenvalue weighted by atomic mass is 35.5. The minimum Gasteiger partial charge on any atom is -0.323 e. The van der Waals surface area contributed by atoms with Crippen molar-refractivity contribution < 1.29 is 13.2 Å². The van der Waals surface area contributed by atoms with Crippen molar-refractivity contribution in [3.63, 3.8) is 0 Å². The molecule has 0 radical (unpaired) electrons. The highest BCUT2D eigenvalue weighted by Gasteiger charge is 2.31. The SMILES string of the molecule is C[C@H](C(=O)Nc1ccccc1Cl)N1CCN(S(=O)(=O)Cc2ccccc2)CC1. The molecule has 2 aromatic rings. The largest absolute Gasteiger partial charge is 0.323 e. The van der Waals surface area contributed by atoms with Crippen LogP contribution in [0.1, 0.15) is 12.5 Å². The Morgan fingerprint density at radius 1 is 1.04 bits per heavy atom. The quantitative estimate of drug-likeness (QED) is 0.778. The van der Waals surface area contributed by atoms with E-state index in [0.717, 1.165) is 5.56 Å². The molecule has 2 aromatic carbocycles. The summed E-state index contributed by atoms with van der Waals surface area (Å²) in [7, 11) is -3.37. The Labute approximate surface area is 171 Å². The molecule has 0 saturated carbocycles. The van der Waals surface area contributed by atoms with Crippen LogP contribution in [0.15, 0.2) is 54.6 Å². The molecule has 0 aromatic heterocycles. The summed E-state index contributed by atoms with van der Waals surface area (Å²) in [6, 6.07) is 15.9. The van der Waals surface area contributed by atoms with E-state index in [0.29, 0.717) is 36.9 Å². The van der Waals surface area contributed by atoms with E-state index < -0.39 is 10.0 Å². The first-order valence-electron chi connectivity index (χ1n) is 9.18. The maximum atomic E-state index is 12.7. The second kappa shape index (κ2) is 9.05. The lowest BCUT2D eigenvalue weighted by Gasteiger charge is -2.36. The molecule has 1 amide bonds. The van der Waals surface area contributed by atoms with E-state index in [1.165, 1.54) is 4.31 Å². The number of carbonyl (C=O) groups is 1. The van der Waals surface area contributed by atoms with Crippen molar-refractivity contribution in [2.24, 2.45) is 0 Å². The molecule has 0 spiro atoms. The lowest BCUT2D eigenvalue weighted by atomic mass is 10.2. The molecule has 1 fully saturated rings. The molecule has 0 aliphatic carbocycles. The highest BCUT2D eigenvalue weighted by molar-refractivity contribution is 7.88. The average Bonchev–Trinajstić information content (AvgIpc) is 2.69. The third-order valence-electron chi connectivity index (χ3n) is 4.92. The molecule has 1 aliphatic rings. The molecular formula is C20H24ClN3O3S. The first kappa shape index (κ1) is 20.8. The standard InChI is InChI=1S/C20H24ClN3O3S/c1-16(20(25)22-19-10-6-5-9-18(19)21)23-11-13-24(14-12-23)28(26,27)15-17-7-3-2-4-8-17/h2-10,16H,11-15H2,1H3,(H,22,25)/t16-/m1/s1. The van der Waals surface area contributed by atoms with Gasteiger partial charge in [-0.3, -0.25) is 9.69 Å². The van der Waals surface area contributed by atoms with E-state index in [1.54, 1.807) is 18.2 Å². The lowest BCUT2D eigenvalue weighted by Crippen LogP contribution is -2.54. The van der Waals surface area contributed by atoms with Crippen LogP contribution in [-0.2, 0) is 20.6 Å². The number of piperazine rings is 1. The number of carbonyl (C=O) groups excluding carboxylic acids is 1. The van der Waals surface area contributed by atoms with E-state index in [9.17, 15) is 13.2 Å². The molecule has 1 aliphatic heterocycles. The number of benzene rings is 2.